The number of hydrogen-bond donors (Lipinski definition) is 0. The first-order valence-electron chi connectivity index (χ1n) is 8.65. The van der Waals surface area contributed by atoms with Crippen molar-refractivity contribution in [1.82, 2.24) is 4.57 Å². The molecule has 0 spiro atoms. The van der Waals surface area contributed by atoms with Gasteiger partial charge < -0.3 is 4.57 Å². The van der Waals surface area contributed by atoms with Crippen molar-refractivity contribution in [2.24, 2.45) is 0 Å². The summed E-state index contributed by atoms with van der Waals surface area (Å²) in [6, 6.07) is 6.64. The topological polar surface area (TPSA) is 4.93 Å². The summed E-state index contributed by atoms with van der Waals surface area (Å²) in [6.45, 7) is 16.2. The Morgan fingerprint density at radius 1 is 1.08 bits per heavy atom. The zero-order valence-electron chi connectivity index (χ0n) is 15.7. The minimum Gasteiger partial charge on any atom is -0.309 e. The molecule has 2 rings (SSSR count). The molecule has 2 aromatic rings. The Labute approximate surface area is 151 Å². The van der Waals surface area contributed by atoms with Gasteiger partial charge in [-0.1, -0.05) is 49.6 Å². The van der Waals surface area contributed by atoms with Gasteiger partial charge in [0.15, 0.2) is 0 Å². The molecule has 0 aliphatic heterocycles. The summed E-state index contributed by atoms with van der Waals surface area (Å²) >= 11 is 0. The Kier molecular flexibility index (Phi) is 6.19. The molecule has 0 unspecified atom stereocenters. The van der Waals surface area contributed by atoms with Crippen LogP contribution in [0.15, 0.2) is 67.8 Å². The molecule has 0 radical (unpaired) electrons. The maximum atomic E-state index is 4.06. The zero-order chi connectivity index (χ0) is 18.4. The van der Waals surface area contributed by atoms with Crippen LogP contribution in [0.1, 0.15) is 44.5 Å². The maximum absolute atomic E-state index is 4.06. The van der Waals surface area contributed by atoms with E-state index < -0.39 is 0 Å². The molecule has 1 heterocycles. The normalized spacial score (nSPS) is 13.3. The first-order valence-corrected chi connectivity index (χ1v) is 8.65. The highest BCUT2D eigenvalue weighted by Crippen LogP contribution is 2.33. The molecule has 0 fully saturated rings. The number of nitrogens with zero attached hydrogens (tertiary/aromatic N) is 1. The third-order valence-electron chi connectivity index (χ3n) is 4.34. The van der Waals surface area contributed by atoms with Crippen LogP contribution in [0.4, 0.5) is 0 Å². The predicted octanol–water partition coefficient (Wildman–Crippen LogP) is 7.34. The Morgan fingerprint density at radius 3 is 2.40 bits per heavy atom. The van der Waals surface area contributed by atoms with Gasteiger partial charge in [0, 0.05) is 16.6 Å². The van der Waals surface area contributed by atoms with Crippen molar-refractivity contribution in [1.29, 1.82) is 0 Å². The Hall–Kier alpha value is -2.80. The summed E-state index contributed by atoms with van der Waals surface area (Å²) in [7, 11) is 0. The first-order chi connectivity index (χ1) is 12.1. The van der Waals surface area contributed by atoms with Gasteiger partial charge in [-0.2, -0.15) is 0 Å². The SMILES string of the molecule is C=C/C=C(\C=C/C)n1c(C=C)c(/C=C\C)c2cc(/C(C)=C/C)ccc21. The largest absolute Gasteiger partial charge is 0.309 e. The monoisotopic (exact) mass is 329 g/mol. The van der Waals surface area contributed by atoms with Crippen LogP contribution in [0.3, 0.4) is 0 Å². The van der Waals surface area contributed by atoms with Crippen LogP contribution in [0.5, 0.6) is 0 Å². The molecule has 25 heavy (non-hydrogen) atoms. The molecule has 1 aromatic carbocycles. The van der Waals surface area contributed by atoms with Gasteiger partial charge in [-0.25, -0.2) is 0 Å². The molecule has 0 N–H and O–H groups in total. The van der Waals surface area contributed by atoms with Gasteiger partial charge in [-0.15, -0.1) is 0 Å². The van der Waals surface area contributed by atoms with Crippen molar-refractivity contribution < 1.29 is 0 Å². The quantitative estimate of drug-likeness (QED) is 0.488. The van der Waals surface area contributed by atoms with Gasteiger partial charge in [0.2, 0.25) is 0 Å². The maximum Gasteiger partial charge on any atom is 0.0541 e. The van der Waals surface area contributed by atoms with Crippen LogP contribution < -0.4 is 0 Å². The van der Waals surface area contributed by atoms with E-state index in [1.54, 1.807) is 0 Å². The molecular weight excluding hydrogens is 302 g/mol. The van der Waals surface area contributed by atoms with Gasteiger partial charge in [-0.05, 0) is 69.2 Å². The Bertz CT molecular complexity index is 911. The molecule has 0 atom stereocenters. The molecule has 0 aliphatic rings. The van der Waals surface area contributed by atoms with Crippen LogP contribution in [0.25, 0.3) is 34.3 Å². The van der Waals surface area contributed by atoms with Crippen molar-refractivity contribution in [3.05, 3.63) is 84.6 Å². The van der Waals surface area contributed by atoms with Crippen molar-refractivity contribution >= 4 is 34.3 Å². The van der Waals surface area contributed by atoms with Crippen LogP contribution in [-0.4, -0.2) is 4.57 Å². The summed E-state index contributed by atoms with van der Waals surface area (Å²) in [5, 5.41) is 1.23. The summed E-state index contributed by atoms with van der Waals surface area (Å²) in [5.74, 6) is 0. The summed E-state index contributed by atoms with van der Waals surface area (Å²) in [4.78, 5) is 0. The number of allylic oxidation sites excluding steroid dienone is 8. The highest BCUT2D eigenvalue weighted by molar-refractivity contribution is 5.98. The number of rotatable bonds is 6. The highest BCUT2D eigenvalue weighted by Gasteiger charge is 2.15. The van der Waals surface area contributed by atoms with Crippen molar-refractivity contribution in [3.8, 4) is 0 Å². The zero-order valence-corrected chi connectivity index (χ0v) is 15.7. The lowest BCUT2D eigenvalue weighted by atomic mass is 10.0. The minimum atomic E-state index is 1.07. The van der Waals surface area contributed by atoms with E-state index in [2.05, 4.69) is 74.1 Å². The molecule has 1 nitrogen and oxygen atoms in total. The van der Waals surface area contributed by atoms with Crippen molar-refractivity contribution in [3.63, 3.8) is 0 Å². The number of fused-ring (bicyclic) bond motifs is 1. The van der Waals surface area contributed by atoms with Gasteiger partial charge in [0.05, 0.1) is 11.2 Å². The van der Waals surface area contributed by atoms with Gasteiger partial charge in [-0.3, -0.25) is 0 Å². The number of hydrogen-bond acceptors (Lipinski definition) is 0. The van der Waals surface area contributed by atoms with E-state index >= 15 is 0 Å². The van der Waals surface area contributed by atoms with Gasteiger partial charge in [0.1, 0.15) is 0 Å². The Morgan fingerprint density at radius 2 is 1.84 bits per heavy atom. The third-order valence-corrected chi connectivity index (χ3v) is 4.34. The number of aromatic nitrogens is 1. The fourth-order valence-electron chi connectivity index (χ4n) is 3.06. The molecule has 1 heteroatoms. The fourth-order valence-corrected chi connectivity index (χ4v) is 3.06. The molecule has 0 amide bonds. The summed E-state index contributed by atoms with van der Waals surface area (Å²) < 4.78 is 2.24. The van der Waals surface area contributed by atoms with E-state index in [0.717, 1.165) is 11.4 Å². The second kappa shape index (κ2) is 8.34. The lowest BCUT2D eigenvalue weighted by Gasteiger charge is -2.10. The van der Waals surface area contributed by atoms with Crippen molar-refractivity contribution in [2.45, 2.75) is 27.7 Å². The fraction of sp³-hybridized carbons (Fsp3) is 0.167. The van der Waals surface area contributed by atoms with E-state index in [-0.39, 0.29) is 0 Å². The first kappa shape index (κ1) is 18.5. The summed E-state index contributed by atoms with van der Waals surface area (Å²) in [6.07, 6.45) is 16.3. The Balaban J connectivity index is 2.97. The van der Waals surface area contributed by atoms with Crippen LogP contribution in [0.2, 0.25) is 0 Å². The number of benzene rings is 1. The van der Waals surface area contributed by atoms with Crippen LogP contribution in [-0.2, 0) is 0 Å². The van der Waals surface area contributed by atoms with Crippen LogP contribution in [0, 0.1) is 0 Å². The smallest absolute Gasteiger partial charge is 0.0541 e. The molecule has 1 aromatic heterocycles. The van der Waals surface area contributed by atoms with Gasteiger partial charge >= 0.3 is 0 Å². The van der Waals surface area contributed by atoms with E-state index in [1.807, 2.05) is 38.2 Å². The van der Waals surface area contributed by atoms with E-state index in [9.17, 15) is 0 Å². The van der Waals surface area contributed by atoms with Crippen LogP contribution >= 0.6 is 0 Å². The second-order valence-electron chi connectivity index (χ2n) is 5.87. The predicted molar refractivity (Wildman–Crippen MR) is 115 cm³/mol. The lowest BCUT2D eigenvalue weighted by Crippen LogP contribution is -1.97. The lowest BCUT2D eigenvalue weighted by molar-refractivity contribution is 1.15. The highest BCUT2D eigenvalue weighted by atomic mass is 15.0. The van der Waals surface area contributed by atoms with E-state index in [0.29, 0.717) is 0 Å². The minimum absolute atomic E-state index is 1.07. The second-order valence-corrected chi connectivity index (χ2v) is 5.87. The average Bonchev–Trinajstić information content (AvgIpc) is 2.94. The summed E-state index contributed by atoms with van der Waals surface area (Å²) in [5.41, 5.74) is 7.04. The molecular formula is C24H27N. The molecule has 0 aliphatic carbocycles. The molecule has 0 saturated carbocycles. The van der Waals surface area contributed by atoms with E-state index in [1.165, 1.54) is 27.6 Å². The van der Waals surface area contributed by atoms with Gasteiger partial charge in [0.25, 0.3) is 0 Å². The van der Waals surface area contributed by atoms with Crippen molar-refractivity contribution in [2.75, 3.05) is 0 Å². The molecule has 128 valence electrons. The third kappa shape index (κ3) is 3.51. The standard InChI is InChI=1S/C24H27N/c1-7-12-20(13-8-2)25-23(11-5)21(14-9-3)22-17-19(18(6)10-4)15-16-24(22)25/h7-17H,1,5H2,2-4,6H3/b13-8-,14-9-,18-10+,20-12+. The molecule has 0 saturated heterocycles. The average molecular weight is 329 g/mol. The molecule has 0 bridgehead atoms. The van der Waals surface area contributed by atoms with E-state index in [4.69, 9.17) is 0 Å².